The second-order valence-corrected chi connectivity index (χ2v) is 8.01. The average molecular weight is 401 g/mol. The van der Waals surface area contributed by atoms with E-state index in [2.05, 4.69) is 43.9 Å². The third-order valence-electron chi connectivity index (χ3n) is 5.71. The summed E-state index contributed by atoms with van der Waals surface area (Å²) in [4.78, 5) is 15.5. The molecule has 0 saturated heterocycles. The molecule has 0 spiro atoms. The molecule has 2 unspecified atom stereocenters. The van der Waals surface area contributed by atoms with Crippen LogP contribution in [-0.4, -0.2) is 23.5 Å². The first-order valence-corrected chi connectivity index (χ1v) is 10.5. The lowest BCUT2D eigenvalue weighted by Crippen LogP contribution is -2.47. The van der Waals surface area contributed by atoms with Crippen molar-refractivity contribution < 1.29 is 9.53 Å². The molecule has 1 amide bonds. The van der Waals surface area contributed by atoms with E-state index in [1.165, 1.54) is 0 Å². The fraction of sp³-hybridized carbons (Fsp3) is 0.269. The zero-order chi connectivity index (χ0) is 21.3. The Morgan fingerprint density at radius 3 is 2.63 bits per heavy atom. The lowest BCUT2D eigenvalue weighted by Gasteiger charge is -2.42. The first-order valence-electron chi connectivity index (χ1n) is 10.5. The van der Waals surface area contributed by atoms with Crippen LogP contribution in [0.1, 0.15) is 49.3 Å². The number of nitrogens with zero attached hydrogens (tertiary/aromatic N) is 1. The van der Waals surface area contributed by atoms with Gasteiger partial charge in [-0.25, -0.2) is 0 Å². The Labute approximate surface area is 178 Å². The van der Waals surface area contributed by atoms with Crippen LogP contribution in [0.5, 0.6) is 5.75 Å². The van der Waals surface area contributed by atoms with Gasteiger partial charge in [-0.05, 0) is 54.8 Å². The number of hydrogen-bond donors (Lipinski definition) is 1. The van der Waals surface area contributed by atoms with Crippen molar-refractivity contribution in [2.45, 2.75) is 39.4 Å². The summed E-state index contributed by atoms with van der Waals surface area (Å²) in [5.74, 6) is 0.817. The molecule has 3 aromatic carbocycles. The number of para-hydroxylation sites is 1. The molecule has 0 saturated carbocycles. The maximum Gasteiger partial charge on any atom is 0.258 e. The first kappa shape index (κ1) is 20.0. The fourth-order valence-corrected chi connectivity index (χ4v) is 4.02. The molecule has 0 aliphatic carbocycles. The maximum atomic E-state index is 13.5. The maximum absolute atomic E-state index is 13.5. The Morgan fingerprint density at radius 1 is 1.13 bits per heavy atom. The van der Waals surface area contributed by atoms with Crippen molar-refractivity contribution in [2.75, 3.05) is 11.9 Å². The van der Waals surface area contributed by atoms with Crippen LogP contribution in [0.2, 0.25) is 0 Å². The highest BCUT2D eigenvalue weighted by molar-refractivity contribution is 6.02. The van der Waals surface area contributed by atoms with E-state index in [1.54, 1.807) is 0 Å². The second kappa shape index (κ2) is 8.23. The number of amides is 1. The number of benzene rings is 3. The highest BCUT2D eigenvalue weighted by Crippen LogP contribution is 2.41. The molecule has 3 aromatic rings. The van der Waals surface area contributed by atoms with Gasteiger partial charge >= 0.3 is 0 Å². The highest BCUT2D eigenvalue weighted by Gasteiger charge is 2.37. The third kappa shape index (κ3) is 3.54. The van der Waals surface area contributed by atoms with E-state index in [1.807, 2.05) is 54.3 Å². The molecule has 1 aliphatic rings. The lowest BCUT2D eigenvalue weighted by molar-refractivity contribution is 0.0592. The molecular weight excluding hydrogens is 372 g/mol. The summed E-state index contributed by atoms with van der Waals surface area (Å²) in [7, 11) is 0. The molecule has 4 heteroatoms. The number of nitrogens with one attached hydrogen (secondary N) is 1. The number of ether oxygens (including phenoxy) is 1. The van der Waals surface area contributed by atoms with Gasteiger partial charge in [0.05, 0.1) is 5.56 Å². The van der Waals surface area contributed by atoms with E-state index < -0.39 is 0 Å². The van der Waals surface area contributed by atoms with Gasteiger partial charge in [-0.1, -0.05) is 56.0 Å². The molecule has 4 nitrogen and oxygen atoms in total. The van der Waals surface area contributed by atoms with Gasteiger partial charge in [-0.2, -0.15) is 0 Å². The summed E-state index contributed by atoms with van der Waals surface area (Å²) in [6, 6.07) is 20.1. The Kier molecular flexibility index (Phi) is 5.49. The number of fused-ring (bicyclic) bond motifs is 2. The standard InChI is InChI=1S/C26H28N2O2/c1-5-18(4)28-25(27-22-13-9-8-12-21(22)26(28)29)24-20-11-7-6-10-19(20)14-15-23(24)30-16-17(2)3/h6-15,18,25,27H,2,5,16H2,1,3-4H3. The molecule has 30 heavy (non-hydrogen) atoms. The lowest BCUT2D eigenvalue weighted by atomic mass is 9.96. The molecule has 4 rings (SSSR count). The van der Waals surface area contributed by atoms with Gasteiger partial charge in [0.1, 0.15) is 18.5 Å². The molecule has 0 radical (unpaired) electrons. The van der Waals surface area contributed by atoms with Crippen molar-refractivity contribution in [1.82, 2.24) is 4.90 Å². The molecular formula is C26H28N2O2. The molecule has 2 atom stereocenters. The Balaban J connectivity index is 1.93. The van der Waals surface area contributed by atoms with E-state index in [-0.39, 0.29) is 18.1 Å². The number of carbonyl (C=O) groups is 1. The van der Waals surface area contributed by atoms with E-state index in [4.69, 9.17) is 4.74 Å². The van der Waals surface area contributed by atoms with Crippen LogP contribution in [0.25, 0.3) is 10.8 Å². The minimum Gasteiger partial charge on any atom is -0.489 e. The molecule has 0 fully saturated rings. The minimum absolute atomic E-state index is 0.0440. The predicted molar refractivity (Wildman–Crippen MR) is 123 cm³/mol. The first-order chi connectivity index (χ1) is 14.5. The van der Waals surface area contributed by atoms with Crippen molar-refractivity contribution in [2.24, 2.45) is 0 Å². The number of carbonyl (C=O) groups excluding carboxylic acids is 1. The van der Waals surface area contributed by atoms with E-state index in [0.717, 1.165) is 39.8 Å². The van der Waals surface area contributed by atoms with Gasteiger partial charge in [-0.3, -0.25) is 4.79 Å². The second-order valence-electron chi connectivity index (χ2n) is 8.01. The van der Waals surface area contributed by atoms with Gasteiger partial charge in [-0.15, -0.1) is 0 Å². The molecule has 154 valence electrons. The van der Waals surface area contributed by atoms with Crippen molar-refractivity contribution in [3.05, 3.63) is 83.9 Å². The average Bonchev–Trinajstić information content (AvgIpc) is 2.76. The van der Waals surface area contributed by atoms with Crippen LogP contribution in [0.3, 0.4) is 0 Å². The van der Waals surface area contributed by atoms with Crippen LogP contribution in [0, 0.1) is 0 Å². The van der Waals surface area contributed by atoms with Crippen LogP contribution in [0.15, 0.2) is 72.8 Å². The summed E-state index contributed by atoms with van der Waals surface area (Å²) < 4.78 is 6.17. The van der Waals surface area contributed by atoms with Crippen molar-refractivity contribution >= 4 is 22.4 Å². The van der Waals surface area contributed by atoms with E-state index in [0.29, 0.717) is 12.2 Å². The highest BCUT2D eigenvalue weighted by atomic mass is 16.5. The van der Waals surface area contributed by atoms with E-state index in [9.17, 15) is 4.79 Å². The molecule has 1 heterocycles. The van der Waals surface area contributed by atoms with Crippen LogP contribution >= 0.6 is 0 Å². The normalized spacial score (nSPS) is 16.7. The fourth-order valence-electron chi connectivity index (χ4n) is 4.02. The van der Waals surface area contributed by atoms with Gasteiger partial charge in [0.15, 0.2) is 0 Å². The van der Waals surface area contributed by atoms with Crippen molar-refractivity contribution in [1.29, 1.82) is 0 Å². The molecule has 1 aliphatic heterocycles. The number of anilines is 1. The van der Waals surface area contributed by atoms with Gasteiger partial charge in [0.25, 0.3) is 5.91 Å². The van der Waals surface area contributed by atoms with Crippen LogP contribution in [0.4, 0.5) is 5.69 Å². The van der Waals surface area contributed by atoms with Crippen molar-refractivity contribution in [3.63, 3.8) is 0 Å². The summed E-state index contributed by atoms with van der Waals surface area (Å²) in [5, 5.41) is 5.83. The minimum atomic E-state index is -0.325. The number of hydrogen-bond acceptors (Lipinski definition) is 3. The van der Waals surface area contributed by atoms with Crippen molar-refractivity contribution in [3.8, 4) is 5.75 Å². The predicted octanol–water partition coefficient (Wildman–Crippen LogP) is 6.16. The van der Waals surface area contributed by atoms with E-state index >= 15 is 0 Å². The van der Waals surface area contributed by atoms with Gasteiger partial charge < -0.3 is 15.0 Å². The monoisotopic (exact) mass is 400 g/mol. The summed E-state index contributed by atoms with van der Waals surface area (Å²) in [6.45, 7) is 10.6. The Bertz CT molecular complexity index is 1110. The van der Waals surface area contributed by atoms with Gasteiger partial charge in [0.2, 0.25) is 0 Å². The summed E-state index contributed by atoms with van der Waals surface area (Å²) in [5.41, 5.74) is 3.49. The Hall–Kier alpha value is -3.27. The smallest absolute Gasteiger partial charge is 0.258 e. The van der Waals surface area contributed by atoms with Crippen LogP contribution < -0.4 is 10.1 Å². The Morgan fingerprint density at radius 2 is 1.87 bits per heavy atom. The van der Waals surface area contributed by atoms with Gasteiger partial charge in [0, 0.05) is 17.3 Å². The zero-order valence-corrected chi connectivity index (χ0v) is 17.8. The SMILES string of the molecule is C=C(C)COc1ccc2ccccc2c1C1Nc2ccccc2C(=O)N1C(C)CC. The zero-order valence-electron chi connectivity index (χ0n) is 17.8. The molecule has 1 N–H and O–H groups in total. The number of rotatable bonds is 6. The molecule has 0 aromatic heterocycles. The summed E-state index contributed by atoms with van der Waals surface area (Å²) >= 11 is 0. The molecule has 0 bridgehead atoms. The summed E-state index contributed by atoms with van der Waals surface area (Å²) in [6.07, 6.45) is 0.535. The topological polar surface area (TPSA) is 41.6 Å². The van der Waals surface area contributed by atoms with Crippen LogP contribution in [-0.2, 0) is 0 Å². The third-order valence-corrected chi connectivity index (χ3v) is 5.71. The quantitative estimate of drug-likeness (QED) is 0.504. The largest absolute Gasteiger partial charge is 0.489 e.